The van der Waals surface area contributed by atoms with Crippen molar-refractivity contribution in [3.63, 3.8) is 0 Å². The summed E-state index contributed by atoms with van der Waals surface area (Å²) in [5.41, 5.74) is 1.20. The van der Waals surface area contributed by atoms with Crippen molar-refractivity contribution in [2.24, 2.45) is 0 Å². The molecule has 0 radical (unpaired) electrons. The van der Waals surface area contributed by atoms with Gasteiger partial charge < -0.3 is 10.2 Å². The Hall–Kier alpha value is -1.91. The monoisotopic (exact) mass is 261 g/mol. The number of likely N-dealkylation sites (tertiary alicyclic amines) is 1. The van der Waals surface area contributed by atoms with E-state index in [-0.39, 0.29) is 11.8 Å². The molecule has 1 saturated heterocycles. The normalized spacial score (nSPS) is 14.5. The average molecular weight is 261 g/mol. The maximum Gasteiger partial charge on any atom is 0.269 e. The van der Waals surface area contributed by atoms with E-state index in [2.05, 4.69) is 10.3 Å². The van der Waals surface area contributed by atoms with Crippen molar-refractivity contribution in [1.82, 2.24) is 15.2 Å². The molecule has 1 N–H and O–H groups in total. The Labute approximate surface area is 113 Å². The van der Waals surface area contributed by atoms with E-state index in [4.69, 9.17) is 0 Å². The van der Waals surface area contributed by atoms with E-state index in [9.17, 15) is 9.59 Å². The molecule has 5 heteroatoms. The molecule has 1 aliphatic rings. The number of hydrogen-bond acceptors (Lipinski definition) is 3. The topological polar surface area (TPSA) is 62.3 Å². The van der Waals surface area contributed by atoms with Gasteiger partial charge in [0.25, 0.3) is 5.91 Å². The Balaban J connectivity index is 1.76. The first kappa shape index (κ1) is 13.5. The summed E-state index contributed by atoms with van der Waals surface area (Å²) in [7, 11) is 0. The zero-order valence-electron chi connectivity index (χ0n) is 11.2. The van der Waals surface area contributed by atoms with E-state index in [1.54, 1.807) is 12.1 Å². The Morgan fingerprint density at radius 3 is 2.74 bits per heavy atom. The van der Waals surface area contributed by atoms with Crippen molar-refractivity contribution < 1.29 is 9.59 Å². The summed E-state index contributed by atoms with van der Waals surface area (Å²) < 4.78 is 0. The maximum atomic E-state index is 11.8. The van der Waals surface area contributed by atoms with Gasteiger partial charge in [-0.2, -0.15) is 0 Å². The average Bonchev–Trinajstić information content (AvgIpc) is 2.92. The second kappa shape index (κ2) is 6.31. The molecule has 0 bridgehead atoms. The third-order valence-corrected chi connectivity index (χ3v) is 3.20. The third kappa shape index (κ3) is 3.77. The van der Waals surface area contributed by atoms with Crippen LogP contribution in [0.1, 0.15) is 35.4 Å². The summed E-state index contributed by atoms with van der Waals surface area (Å²) in [6.07, 6.45) is 2.54. The Bertz CT molecular complexity index is 468. The summed E-state index contributed by atoms with van der Waals surface area (Å²) in [6.45, 7) is 3.91. The maximum absolute atomic E-state index is 11.8. The van der Waals surface area contributed by atoms with Crippen molar-refractivity contribution in [3.8, 4) is 0 Å². The first-order valence-corrected chi connectivity index (χ1v) is 6.66. The predicted molar refractivity (Wildman–Crippen MR) is 71.7 cm³/mol. The lowest BCUT2D eigenvalue weighted by atomic mass is 10.3. The van der Waals surface area contributed by atoms with E-state index in [1.165, 1.54) is 0 Å². The molecule has 5 nitrogen and oxygen atoms in total. The van der Waals surface area contributed by atoms with Gasteiger partial charge in [-0.1, -0.05) is 6.07 Å². The second-order valence-corrected chi connectivity index (χ2v) is 4.76. The summed E-state index contributed by atoms with van der Waals surface area (Å²) >= 11 is 0. The molecule has 0 aliphatic carbocycles. The smallest absolute Gasteiger partial charge is 0.269 e. The number of aromatic nitrogens is 1. The number of carbonyl (C=O) groups excluding carboxylic acids is 2. The van der Waals surface area contributed by atoms with Gasteiger partial charge in [0.1, 0.15) is 5.69 Å². The standard InChI is InChI=1S/C14H19N3O2/c1-11-5-4-6-12(16-11)14(19)15-8-7-13(18)17-9-2-3-10-17/h4-6H,2-3,7-10H2,1H3,(H,15,19). The first-order chi connectivity index (χ1) is 9.16. The molecular weight excluding hydrogens is 242 g/mol. The van der Waals surface area contributed by atoms with Crippen LogP contribution in [0.4, 0.5) is 0 Å². The summed E-state index contributed by atoms with van der Waals surface area (Å²) in [6, 6.07) is 5.31. The minimum atomic E-state index is -0.224. The van der Waals surface area contributed by atoms with E-state index in [1.807, 2.05) is 17.9 Å². The van der Waals surface area contributed by atoms with Crippen LogP contribution in [0.3, 0.4) is 0 Å². The van der Waals surface area contributed by atoms with Gasteiger partial charge >= 0.3 is 0 Å². The number of rotatable bonds is 4. The van der Waals surface area contributed by atoms with Crippen LogP contribution in [0.5, 0.6) is 0 Å². The molecule has 2 heterocycles. The number of carbonyl (C=O) groups is 2. The van der Waals surface area contributed by atoms with Gasteiger partial charge in [-0.25, -0.2) is 4.98 Å². The minimum absolute atomic E-state index is 0.120. The summed E-state index contributed by atoms with van der Waals surface area (Å²) in [5, 5.41) is 2.73. The number of amides is 2. The van der Waals surface area contributed by atoms with Crippen LogP contribution in [0.2, 0.25) is 0 Å². The summed E-state index contributed by atoms with van der Waals surface area (Å²) in [4.78, 5) is 29.6. The number of aryl methyl sites for hydroxylation is 1. The molecule has 1 fully saturated rings. The zero-order valence-corrected chi connectivity index (χ0v) is 11.2. The molecule has 1 aromatic heterocycles. The highest BCUT2D eigenvalue weighted by atomic mass is 16.2. The molecule has 0 atom stereocenters. The lowest BCUT2D eigenvalue weighted by Crippen LogP contribution is -2.33. The minimum Gasteiger partial charge on any atom is -0.350 e. The van der Waals surface area contributed by atoms with Crippen molar-refractivity contribution in [3.05, 3.63) is 29.6 Å². The van der Waals surface area contributed by atoms with Gasteiger partial charge in [-0.15, -0.1) is 0 Å². The fraction of sp³-hybridized carbons (Fsp3) is 0.500. The van der Waals surface area contributed by atoms with Gasteiger partial charge in [0.05, 0.1) is 0 Å². The predicted octanol–water partition coefficient (Wildman–Crippen LogP) is 1.13. The van der Waals surface area contributed by atoms with Crippen molar-refractivity contribution in [1.29, 1.82) is 0 Å². The summed E-state index contributed by atoms with van der Waals surface area (Å²) in [5.74, 6) is -0.104. The molecule has 19 heavy (non-hydrogen) atoms. The van der Waals surface area contributed by atoms with Crippen LogP contribution in [0.15, 0.2) is 18.2 Å². The van der Waals surface area contributed by atoms with Gasteiger partial charge in [-0.3, -0.25) is 9.59 Å². The lowest BCUT2D eigenvalue weighted by molar-refractivity contribution is -0.129. The van der Waals surface area contributed by atoms with Gasteiger partial charge in [0, 0.05) is 31.7 Å². The zero-order chi connectivity index (χ0) is 13.7. The molecule has 0 unspecified atom stereocenters. The number of nitrogens with one attached hydrogen (secondary N) is 1. The largest absolute Gasteiger partial charge is 0.350 e. The molecule has 2 rings (SSSR count). The SMILES string of the molecule is Cc1cccc(C(=O)NCCC(=O)N2CCCC2)n1. The quantitative estimate of drug-likeness (QED) is 0.884. The molecule has 102 valence electrons. The molecule has 0 aromatic carbocycles. The number of nitrogens with zero attached hydrogens (tertiary/aromatic N) is 2. The van der Waals surface area contributed by atoms with Crippen LogP contribution >= 0.6 is 0 Å². The van der Waals surface area contributed by atoms with E-state index in [0.29, 0.717) is 18.7 Å². The second-order valence-electron chi connectivity index (χ2n) is 4.76. The third-order valence-electron chi connectivity index (χ3n) is 3.20. The van der Waals surface area contributed by atoms with E-state index >= 15 is 0 Å². The Kier molecular flexibility index (Phi) is 4.49. The van der Waals surface area contributed by atoms with Gasteiger partial charge in [-0.05, 0) is 31.9 Å². The van der Waals surface area contributed by atoms with Crippen LogP contribution < -0.4 is 5.32 Å². The number of pyridine rings is 1. The first-order valence-electron chi connectivity index (χ1n) is 6.66. The van der Waals surface area contributed by atoms with Crippen LogP contribution in [0, 0.1) is 6.92 Å². The van der Waals surface area contributed by atoms with E-state index < -0.39 is 0 Å². The van der Waals surface area contributed by atoms with Crippen LogP contribution in [0.25, 0.3) is 0 Å². The lowest BCUT2D eigenvalue weighted by Gasteiger charge is -2.15. The van der Waals surface area contributed by atoms with Crippen LogP contribution in [-0.4, -0.2) is 41.3 Å². The highest BCUT2D eigenvalue weighted by Gasteiger charge is 2.17. The van der Waals surface area contributed by atoms with E-state index in [0.717, 1.165) is 31.6 Å². The Morgan fingerprint density at radius 2 is 2.05 bits per heavy atom. The molecule has 0 spiro atoms. The molecule has 2 amide bonds. The van der Waals surface area contributed by atoms with Gasteiger partial charge in [0.2, 0.25) is 5.91 Å². The molecular formula is C14H19N3O2. The fourth-order valence-corrected chi connectivity index (χ4v) is 2.17. The molecule has 1 aromatic rings. The van der Waals surface area contributed by atoms with Crippen molar-refractivity contribution >= 4 is 11.8 Å². The fourth-order valence-electron chi connectivity index (χ4n) is 2.17. The highest BCUT2D eigenvalue weighted by Crippen LogP contribution is 2.08. The van der Waals surface area contributed by atoms with Crippen molar-refractivity contribution in [2.45, 2.75) is 26.2 Å². The Morgan fingerprint density at radius 1 is 1.32 bits per heavy atom. The van der Waals surface area contributed by atoms with Gasteiger partial charge in [0.15, 0.2) is 0 Å². The van der Waals surface area contributed by atoms with Crippen molar-refractivity contribution in [2.75, 3.05) is 19.6 Å². The number of hydrogen-bond donors (Lipinski definition) is 1. The van der Waals surface area contributed by atoms with Crippen LogP contribution in [-0.2, 0) is 4.79 Å². The molecule has 0 saturated carbocycles. The molecule has 1 aliphatic heterocycles. The highest BCUT2D eigenvalue weighted by molar-refractivity contribution is 5.92.